The van der Waals surface area contributed by atoms with Crippen LogP contribution in [0, 0.1) is 0 Å². The molecule has 1 amide bonds. The van der Waals surface area contributed by atoms with Crippen molar-refractivity contribution in [1.29, 1.82) is 0 Å². The zero-order valence-corrected chi connectivity index (χ0v) is 14.9. The molecule has 1 fully saturated rings. The normalized spacial score (nSPS) is 17.2. The molecule has 0 spiro atoms. The van der Waals surface area contributed by atoms with E-state index in [4.69, 9.17) is 0 Å². The molecule has 1 saturated heterocycles. The van der Waals surface area contributed by atoms with E-state index in [2.05, 4.69) is 32.6 Å². The lowest BCUT2D eigenvalue weighted by atomic mass is 10.1. The van der Waals surface area contributed by atoms with Crippen LogP contribution in [-0.4, -0.2) is 69.1 Å². The fraction of sp³-hybridized carbons (Fsp3) is 0.588. The Morgan fingerprint density at radius 1 is 1.26 bits per heavy atom. The average molecular weight is 341 g/mol. The molecule has 0 radical (unpaired) electrons. The lowest BCUT2D eigenvalue weighted by Gasteiger charge is -2.26. The summed E-state index contributed by atoms with van der Waals surface area (Å²) in [6.45, 7) is 5.10. The molecule has 130 valence electrons. The zero-order chi connectivity index (χ0) is 15.8. The standard InChI is InChI=1S/C17H28N4O.ClH/c1-20(2)16(15-7-4-3-5-8-15)13-19-17(22)14-21-11-6-9-18-10-12-21;/h3-5,7-8,16,18H,6,9-14H2,1-2H3,(H,19,22);1H. The van der Waals surface area contributed by atoms with Gasteiger partial charge in [0.1, 0.15) is 0 Å². The molecule has 1 atom stereocenters. The second-order valence-electron chi connectivity index (χ2n) is 6.07. The molecule has 6 heteroatoms. The Kier molecular flexibility index (Phi) is 9.17. The molecule has 0 bridgehead atoms. The quantitative estimate of drug-likeness (QED) is 0.815. The van der Waals surface area contributed by atoms with Crippen LogP contribution in [0.2, 0.25) is 0 Å². The number of amides is 1. The first-order valence-electron chi connectivity index (χ1n) is 8.08. The van der Waals surface area contributed by atoms with Crippen LogP contribution in [-0.2, 0) is 4.79 Å². The number of benzene rings is 1. The monoisotopic (exact) mass is 340 g/mol. The van der Waals surface area contributed by atoms with Crippen molar-refractivity contribution in [3.8, 4) is 0 Å². The molecule has 23 heavy (non-hydrogen) atoms. The Labute approximate surface area is 145 Å². The number of hydrogen-bond donors (Lipinski definition) is 2. The summed E-state index contributed by atoms with van der Waals surface area (Å²) in [6.07, 6.45) is 1.11. The lowest BCUT2D eigenvalue weighted by Crippen LogP contribution is -2.41. The van der Waals surface area contributed by atoms with Gasteiger partial charge in [-0.25, -0.2) is 0 Å². The van der Waals surface area contributed by atoms with Gasteiger partial charge in [0.25, 0.3) is 0 Å². The van der Waals surface area contributed by atoms with Crippen molar-refractivity contribution in [2.24, 2.45) is 0 Å². The van der Waals surface area contributed by atoms with Crippen LogP contribution in [0.15, 0.2) is 30.3 Å². The summed E-state index contributed by atoms with van der Waals surface area (Å²) in [7, 11) is 4.09. The molecule has 5 nitrogen and oxygen atoms in total. The minimum absolute atomic E-state index is 0. The van der Waals surface area contributed by atoms with Gasteiger partial charge in [-0.15, -0.1) is 12.4 Å². The van der Waals surface area contributed by atoms with Crippen molar-refractivity contribution in [3.05, 3.63) is 35.9 Å². The third-order valence-electron chi connectivity index (χ3n) is 4.10. The Balaban J connectivity index is 0.00000264. The van der Waals surface area contributed by atoms with Gasteiger partial charge >= 0.3 is 0 Å². The van der Waals surface area contributed by atoms with E-state index < -0.39 is 0 Å². The molecule has 1 heterocycles. The molecule has 1 aliphatic rings. The Morgan fingerprint density at radius 2 is 2.00 bits per heavy atom. The first-order chi connectivity index (χ1) is 10.7. The first-order valence-corrected chi connectivity index (χ1v) is 8.08. The van der Waals surface area contributed by atoms with Crippen LogP contribution in [0.1, 0.15) is 18.0 Å². The SMILES string of the molecule is CN(C)C(CNC(=O)CN1CCCNCC1)c1ccccc1.Cl. The fourth-order valence-electron chi connectivity index (χ4n) is 2.80. The molecule has 1 unspecified atom stereocenters. The summed E-state index contributed by atoms with van der Waals surface area (Å²) < 4.78 is 0. The molecule has 0 saturated carbocycles. The molecule has 1 aromatic rings. The van der Waals surface area contributed by atoms with Gasteiger partial charge in [-0.05, 0) is 39.2 Å². The highest BCUT2D eigenvalue weighted by molar-refractivity contribution is 5.85. The highest BCUT2D eigenvalue weighted by atomic mass is 35.5. The number of halogens is 1. The number of rotatable bonds is 6. The molecule has 1 aromatic carbocycles. The van der Waals surface area contributed by atoms with Crippen molar-refractivity contribution in [2.45, 2.75) is 12.5 Å². The number of carbonyl (C=O) groups excluding carboxylic acids is 1. The van der Waals surface area contributed by atoms with Gasteiger partial charge < -0.3 is 15.5 Å². The summed E-state index contributed by atoms with van der Waals surface area (Å²) in [4.78, 5) is 16.6. The van der Waals surface area contributed by atoms with E-state index in [1.807, 2.05) is 32.3 Å². The topological polar surface area (TPSA) is 47.6 Å². The van der Waals surface area contributed by atoms with Crippen molar-refractivity contribution < 1.29 is 4.79 Å². The zero-order valence-electron chi connectivity index (χ0n) is 14.1. The number of likely N-dealkylation sites (N-methyl/N-ethyl adjacent to an activating group) is 1. The van der Waals surface area contributed by atoms with Gasteiger partial charge in [-0.2, -0.15) is 0 Å². The van der Waals surface area contributed by atoms with E-state index in [1.54, 1.807) is 0 Å². The Morgan fingerprint density at radius 3 is 2.70 bits per heavy atom. The third kappa shape index (κ3) is 6.87. The lowest BCUT2D eigenvalue weighted by molar-refractivity contribution is -0.122. The van der Waals surface area contributed by atoms with Crippen LogP contribution in [0.25, 0.3) is 0 Å². The van der Waals surface area contributed by atoms with Crippen LogP contribution >= 0.6 is 12.4 Å². The summed E-state index contributed by atoms with van der Waals surface area (Å²) in [6, 6.07) is 10.5. The minimum atomic E-state index is 0. The summed E-state index contributed by atoms with van der Waals surface area (Å²) >= 11 is 0. The Bertz CT molecular complexity index is 447. The molecule has 2 rings (SSSR count). The average Bonchev–Trinajstić information content (AvgIpc) is 2.77. The molecule has 2 N–H and O–H groups in total. The molecular weight excluding hydrogens is 312 g/mol. The Hall–Kier alpha value is -1.14. The molecule has 0 aliphatic carbocycles. The predicted molar refractivity (Wildman–Crippen MR) is 97.1 cm³/mol. The highest BCUT2D eigenvalue weighted by Crippen LogP contribution is 2.16. The van der Waals surface area contributed by atoms with Crippen LogP contribution < -0.4 is 10.6 Å². The number of hydrogen-bond acceptors (Lipinski definition) is 4. The van der Waals surface area contributed by atoms with Crippen LogP contribution in [0.3, 0.4) is 0 Å². The van der Waals surface area contributed by atoms with E-state index >= 15 is 0 Å². The van der Waals surface area contributed by atoms with Crippen molar-refractivity contribution in [3.63, 3.8) is 0 Å². The smallest absolute Gasteiger partial charge is 0.234 e. The second kappa shape index (κ2) is 10.6. The van der Waals surface area contributed by atoms with Gasteiger partial charge in [0.05, 0.1) is 12.6 Å². The van der Waals surface area contributed by atoms with Crippen molar-refractivity contribution in [1.82, 2.24) is 20.4 Å². The largest absolute Gasteiger partial charge is 0.353 e. The van der Waals surface area contributed by atoms with E-state index in [1.165, 1.54) is 5.56 Å². The maximum Gasteiger partial charge on any atom is 0.234 e. The summed E-state index contributed by atoms with van der Waals surface area (Å²) in [5.41, 5.74) is 1.23. The van der Waals surface area contributed by atoms with E-state index in [0.29, 0.717) is 13.1 Å². The predicted octanol–water partition coefficient (Wildman–Crippen LogP) is 1.12. The highest BCUT2D eigenvalue weighted by Gasteiger charge is 2.17. The van der Waals surface area contributed by atoms with Gasteiger partial charge in [0.15, 0.2) is 0 Å². The molecule has 1 aliphatic heterocycles. The number of nitrogens with one attached hydrogen (secondary N) is 2. The van der Waals surface area contributed by atoms with E-state index in [9.17, 15) is 4.79 Å². The minimum Gasteiger partial charge on any atom is -0.353 e. The summed E-state index contributed by atoms with van der Waals surface area (Å²) in [5.74, 6) is 0.115. The van der Waals surface area contributed by atoms with Gasteiger partial charge in [0.2, 0.25) is 5.91 Å². The van der Waals surface area contributed by atoms with Gasteiger partial charge in [-0.1, -0.05) is 30.3 Å². The summed E-state index contributed by atoms with van der Waals surface area (Å²) in [5, 5.41) is 6.44. The van der Waals surface area contributed by atoms with Crippen LogP contribution in [0.5, 0.6) is 0 Å². The molecule has 0 aromatic heterocycles. The number of carbonyl (C=O) groups is 1. The van der Waals surface area contributed by atoms with Crippen molar-refractivity contribution in [2.75, 3.05) is 53.4 Å². The fourth-order valence-corrected chi connectivity index (χ4v) is 2.80. The van der Waals surface area contributed by atoms with E-state index in [0.717, 1.165) is 32.6 Å². The van der Waals surface area contributed by atoms with Crippen LogP contribution in [0.4, 0.5) is 0 Å². The van der Waals surface area contributed by atoms with E-state index in [-0.39, 0.29) is 24.4 Å². The molecular formula is C17H29ClN4O. The van der Waals surface area contributed by atoms with Gasteiger partial charge in [-0.3, -0.25) is 9.69 Å². The maximum atomic E-state index is 12.2. The first kappa shape index (κ1) is 19.9. The van der Waals surface area contributed by atoms with Crippen molar-refractivity contribution >= 4 is 18.3 Å². The third-order valence-corrected chi connectivity index (χ3v) is 4.10. The van der Waals surface area contributed by atoms with Gasteiger partial charge in [0, 0.05) is 19.6 Å². The maximum absolute atomic E-state index is 12.2. The number of nitrogens with zero attached hydrogens (tertiary/aromatic N) is 2. The second-order valence-corrected chi connectivity index (χ2v) is 6.07.